The van der Waals surface area contributed by atoms with Crippen molar-refractivity contribution in [2.45, 2.75) is 51.9 Å². The van der Waals surface area contributed by atoms with Gasteiger partial charge in [-0.25, -0.2) is 0 Å². The minimum atomic E-state index is 0.209. The lowest BCUT2D eigenvalue weighted by atomic mass is 10.1. The zero-order valence-corrected chi connectivity index (χ0v) is 11.1. The molecule has 2 N–H and O–H groups in total. The Hall–Kier alpha value is -0.830. The minimum Gasteiger partial charge on any atom is -0.352 e. The highest BCUT2D eigenvalue weighted by molar-refractivity contribution is 5.76. The molecule has 0 spiro atoms. The molecule has 1 amide bonds. The Morgan fingerprint density at radius 2 is 2.18 bits per heavy atom. The molecule has 3 nitrogen and oxygen atoms in total. The average molecular weight is 238 g/mol. The summed E-state index contributed by atoms with van der Waals surface area (Å²) in [4.78, 5) is 11.6. The fraction of sp³-hybridized carbons (Fsp3) is 0.786. The first-order chi connectivity index (χ1) is 8.33. The Morgan fingerprint density at radius 1 is 1.35 bits per heavy atom. The number of hydrogen-bond donors (Lipinski definition) is 2. The maximum Gasteiger partial charge on any atom is 0.220 e. The van der Waals surface area contributed by atoms with E-state index in [9.17, 15) is 4.79 Å². The number of hydrogen-bond acceptors (Lipinski definition) is 2. The van der Waals surface area contributed by atoms with E-state index in [1.54, 1.807) is 0 Å². The van der Waals surface area contributed by atoms with Crippen LogP contribution in [0.5, 0.6) is 0 Å². The Kier molecular flexibility index (Phi) is 7.72. The molecule has 0 saturated heterocycles. The predicted octanol–water partition coefficient (Wildman–Crippen LogP) is 2.38. The lowest BCUT2D eigenvalue weighted by molar-refractivity contribution is -0.121. The van der Waals surface area contributed by atoms with Crippen molar-refractivity contribution in [2.75, 3.05) is 19.6 Å². The molecule has 0 aliphatic carbocycles. The summed E-state index contributed by atoms with van der Waals surface area (Å²) in [7, 11) is 0. The number of amides is 1. The van der Waals surface area contributed by atoms with Gasteiger partial charge in [-0.2, -0.15) is 0 Å². The van der Waals surface area contributed by atoms with E-state index in [0.29, 0.717) is 6.42 Å². The zero-order chi connectivity index (χ0) is 12.3. The van der Waals surface area contributed by atoms with Crippen molar-refractivity contribution >= 4 is 5.91 Å². The zero-order valence-electron chi connectivity index (χ0n) is 11.1. The average Bonchev–Trinajstić information content (AvgIpc) is 2.37. The molecule has 0 aromatic heterocycles. The van der Waals surface area contributed by atoms with Crippen molar-refractivity contribution in [2.24, 2.45) is 0 Å². The highest BCUT2D eigenvalue weighted by Gasteiger charge is 2.05. The van der Waals surface area contributed by atoms with Gasteiger partial charge in [0.1, 0.15) is 0 Å². The molecule has 1 aliphatic rings. The van der Waals surface area contributed by atoms with Crippen LogP contribution in [0.15, 0.2) is 11.6 Å². The summed E-state index contributed by atoms with van der Waals surface area (Å²) in [6.45, 7) is 4.94. The van der Waals surface area contributed by atoms with Crippen molar-refractivity contribution in [3.63, 3.8) is 0 Å². The summed E-state index contributed by atoms with van der Waals surface area (Å²) in [5.74, 6) is 0.209. The van der Waals surface area contributed by atoms with Gasteiger partial charge < -0.3 is 10.6 Å². The van der Waals surface area contributed by atoms with Crippen LogP contribution in [0, 0.1) is 0 Å². The smallest absolute Gasteiger partial charge is 0.220 e. The third-order valence-corrected chi connectivity index (χ3v) is 3.18. The molecule has 1 heterocycles. The van der Waals surface area contributed by atoms with E-state index in [-0.39, 0.29) is 5.91 Å². The van der Waals surface area contributed by atoms with Crippen molar-refractivity contribution in [3.05, 3.63) is 11.6 Å². The van der Waals surface area contributed by atoms with Crippen LogP contribution in [0.3, 0.4) is 0 Å². The fourth-order valence-corrected chi connectivity index (χ4v) is 2.02. The van der Waals surface area contributed by atoms with Crippen LogP contribution in [0.25, 0.3) is 0 Å². The first-order valence-corrected chi connectivity index (χ1v) is 6.98. The Morgan fingerprint density at radius 3 is 2.88 bits per heavy atom. The second kappa shape index (κ2) is 9.23. The molecule has 0 saturated carbocycles. The summed E-state index contributed by atoms with van der Waals surface area (Å²) in [5, 5.41) is 6.28. The van der Waals surface area contributed by atoms with E-state index in [1.165, 1.54) is 31.3 Å². The number of carbonyl (C=O) groups excluding carboxylic acids is 1. The molecular weight excluding hydrogens is 212 g/mol. The van der Waals surface area contributed by atoms with Gasteiger partial charge in [-0.15, -0.1) is 0 Å². The maximum atomic E-state index is 11.6. The number of carbonyl (C=O) groups is 1. The molecule has 0 bridgehead atoms. The Bertz CT molecular complexity index is 249. The maximum absolute atomic E-state index is 11.6. The first-order valence-electron chi connectivity index (χ1n) is 6.98. The van der Waals surface area contributed by atoms with Gasteiger partial charge in [0.05, 0.1) is 0 Å². The third kappa shape index (κ3) is 7.16. The topological polar surface area (TPSA) is 41.1 Å². The standard InChI is InChI=1S/C14H26N2O/c1-2-3-4-5-6-7-14(17)16-12-13-8-10-15-11-9-13/h8,15H,2-7,9-12H2,1H3,(H,16,17). The van der Waals surface area contributed by atoms with E-state index in [2.05, 4.69) is 23.6 Å². The lowest BCUT2D eigenvalue weighted by Crippen LogP contribution is -2.29. The molecule has 0 atom stereocenters. The van der Waals surface area contributed by atoms with Crippen LogP contribution in [0.1, 0.15) is 51.9 Å². The summed E-state index contributed by atoms with van der Waals surface area (Å²) < 4.78 is 0. The molecule has 0 aromatic carbocycles. The first kappa shape index (κ1) is 14.2. The second-order valence-electron chi connectivity index (χ2n) is 4.76. The van der Waals surface area contributed by atoms with Crippen LogP contribution in [0.2, 0.25) is 0 Å². The second-order valence-corrected chi connectivity index (χ2v) is 4.76. The molecule has 0 aromatic rings. The molecule has 0 fully saturated rings. The van der Waals surface area contributed by atoms with E-state index in [1.807, 2.05) is 0 Å². The van der Waals surface area contributed by atoms with E-state index in [4.69, 9.17) is 0 Å². The molecule has 0 unspecified atom stereocenters. The normalized spacial score (nSPS) is 15.5. The monoisotopic (exact) mass is 238 g/mol. The van der Waals surface area contributed by atoms with Gasteiger partial charge in [0.15, 0.2) is 0 Å². The highest BCUT2D eigenvalue weighted by atomic mass is 16.1. The summed E-state index contributed by atoms with van der Waals surface area (Å²) >= 11 is 0. The molecule has 1 aliphatic heterocycles. The van der Waals surface area contributed by atoms with Crippen LogP contribution >= 0.6 is 0 Å². The van der Waals surface area contributed by atoms with Crippen LogP contribution in [0.4, 0.5) is 0 Å². The fourth-order valence-electron chi connectivity index (χ4n) is 2.02. The van der Waals surface area contributed by atoms with Gasteiger partial charge in [0.25, 0.3) is 0 Å². The summed E-state index contributed by atoms with van der Waals surface area (Å²) in [5.41, 5.74) is 1.36. The van der Waals surface area contributed by atoms with Crippen LogP contribution in [-0.2, 0) is 4.79 Å². The Balaban J connectivity index is 1.99. The summed E-state index contributed by atoms with van der Waals surface area (Å²) in [6.07, 6.45) is 9.98. The van der Waals surface area contributed by atoms with Crippen molar-refractivity contribution in [1.82, 2.24) is 10.6 Å². The van der Waals surface area contributed by atoms with Gasteiger partial charge >= 0.3 is 0 Å². The van der Waals surface area contributed by atoms with Crippen molar-refractivity contribution in [1.29, 1.82) is 0 Å². The van der Waals surface area contributed by atoms with Crippen molar-refractivity contribution in [3.8, 4) is 0 Å². The number of unbranched alkanes of at least 4 members (excludes halogenated alkanes) is 4. The van der Waals surface area contributed by atoms with Gasteiger partial charge in [-0.05, 0) is 19.4 Å². The van der Waals surface area contributed by atoms with Crippen LogP contribution < -0.4 is 10.6 Å². The highest BCUT2D eigenvalue weighted by Crippen LogP contribution is 2.05. The van der Waals surface area contributed by atoms with Gasteiger partial charge in [0.2, 0.25) is 5.91 Å². The molecule has 17 heavy (non-hydrogen) atoms. The minimum absolute atomic E-state index is 0.209. The molecular formula is C14H26N2O. The van der Waals surface area contributed by atoms with Gasteiger partial charge in [0, 0.05) is 19.5 Å². The number of nitrogens with one attached hydrogen (secondary N) is 2. The molecule has 98 valence electrons. The summed E-state index contributed by atoms with van der Waals surface area (Å²) in [6, 6.07) is 0. The van der Waals surface area contributed by atoms with E-state index < -0.39 is 0 Å². The quantitative estimate of drug-likeness (QED) is 0.503. The third-order valence-electron chi connectivity index (χ3n) is 3.18. The van der Waals surface area contributed by atoms with Crippen molar-refractivity contribution < 1.29 is 4.79 Å². The molecule has 1 rings (SSSR count). The molecule has 0 radical (unpaired) electrons. The van der Waals surface area contributed by atoms with E-state index in [0.717, 1.165) is 32.5 Å². The number of rotatable bonds is 8. The largest absolute Gasteiger partial charge is 0.352 e. The molecule has 3 heteroatoms. The van der Waals surface area contributed by atoms with E-state index >= 15 is 0 Å². The Labute approximate surface area is 105 Å². The van der Waals surface area contributed by atoms with Crippen LogP contribution in [-0.4, -0.2) is 25.5 Å². The van der Waals surface area contributed by atoms with Gasteiger partial charge in [-0.3, -0.25) is 4.79 Å². The lowest BCUT2D eigenvalue weighted by Gasteiger charge is -2.14. The van der Waals surface area contributed by atoms with Gasteiger partial charge in [-0.1, -0.05) is 44.3 Å². The SMILES string of the molecule is CCCCCCCC(=O)NCC1=CCNCC1. The predicted molar refractivity (Wildman–Crippen MR) is 72.0 cm³/mol.